The molecule has 5 aromatic rings. The van der Waals surface area contributed by atoms with Crippen molar-refractivity contribution >= 4 is 22.7 Å². The van der Waals surface area contributed by atoms with Crippen molar-refractivity contribution in [2.45, 2.75) is 19.6 Å². The van der Waals surface area contributed by atoms with Gasteiger partial charge in [-0.3, -0.25) is 4.79 Å². The van der Waals surface area contributed by atoms with E-state index in [1.54, 1.807) is 15.9 Å². The largest absolute Gasteiger partial charge is 0.379 e. The highest BCUT2D eigenvalue weighted by atomic mass is 32.1. The van der Waals surface area contributed by atoms with Gasteiger partial charge in [0.25, 0.3) is 5.56 Å². The van der Waals surface area contributed by atoms with Gasteiger partial charge in [0.1, 0.15) is 5.69 Å². The Hall–Kier alpha value is -4.60. The third-order valence-electron chi connectivity index (χ3n) is 6.18. The summed E-state index contributed by atoms with van der Waals surface area (Å²) >= 11 is 1.64. The highest BCUT2D eigenvalue weighted by Gasteiger charge is 2.12. The van der Waals surface area contributed by atoms with Crippen LogP contribution in [0.5, 0.6) is 0 Å². The number of hydrogen-bond donors (Lipinski definition) is 2. The number of anilines is 2. The monoisotopic (exact) mass is 502 g/mol. The SMILES string of the molecule is N#Cc1ccccc1-c1ccc(CNc2c(NCc3ccccc3)ccn(Cc3cccs3)c2=O)cc1. The number of nitrogens with zero attached hydrogens (tertiary/aromatic N) is 2. The molecular formula is C31H26N4OS. The van der Waals surface area contributed by atoms with Crippen LogP contribution in [-0.2, 0) is 19.6 Å². The van der Waals surface area contributed by atoms with Gasteiger partial charge in [-0.25, -0.2) is 0 Å². The quantitative estimate of drug-likeness (QED) is 0.235. The number of pyridine rings is 1. The lowest BCUT2D eigenvalue weighted by molar-refractivity contribution is 0.770. The molecule has 0 aliphatic heterocycles. The Bertz CT molecular complexity index is 1570. The van der Waals surface area contributed by atoms with Crippen molar-refractivity contribution in [3.63, 3.8) is 0 Å². The van der Waals surface area contributed by atoms with E-state index in [1.165, 1.54) is 0 Å². The van der Waals surface area contributed by atoms with E-state index in [-0.39, 0.29) is 5.56 Å². The van der Waals surface area contributed by atoms with Gasteiger partial charge in [0.05, 0.1) is 23.9 Å². The van der Waals surface area contributed by atoms with Gasteiger partial charge in [0.15, 0.2) is 0 Å². The second kappa shape index (κ2) is 11.4. The third kappa shape index (κ3) is 5.80. The number of aromatic nitrogens is 1. The molecule has 0 spiro atoms. The summed E-state index contributed by atoms with van der Waals surface area (Å²) in [7, 11) is 0. The first-order valence-corrected chi connectivity index (χ1v) is 12.9. The van der Waals surface area contributed by atoms with E-state index in [1.807, 2.05) is 96.5 Å². The Labute approximate surface area is 220 Å². The molecule has 0 aliphatic carbocycles. The van der Waals surface area contributed by atoms with Crippen molar-refractivity contribution < 1.29 is 0 Å². The molecule has 6 heteroatoms. The van der Waals surface area contributed by atoms with Gasteiger partial charge >= 0.3 is 0 Å². The molecule has 37 heavy (non-hydrogen) atoms. The second-order valence-electron chi connectivity index (χ2n) is 8.66. The number of rotatable bonds is 9. The molecule has 0 bridgehead atoms. The Morgan fingerprint density at radius 1 is 0.784 bits per heavy atom. The van der Waals surface area contributed by atoms with Gasteiger partial charge < -0.3 is 15.2 Å². The first kappa shape index (κ1) is 24.1. The van der Waals surface area contributed by atoms with E-state index in [2.05, 4.69) is 28.8 Å². The lowest BCUT2D eigenvalue weighted by Gasteiger charge is -2.16. The number of thiophene rings is 1. The van der Waals surface area contributed by atoms with Crippen LogP contribution in [-0.4, -0.2) is 4.57 Å². The lowest BCUT2D eigenvalue weighted by atomic mass is 9.99. The van der Waals surface area contributed by atoms with Crippen molar-refractivity contribution in [1.29, 1.82) is 5.26 Å². The average Bonchev–Trinajstić information content (AvgIpc) is 3.47. The summed E-state index contributed by atoms with van der Waals surface area (Å²) < 4.78 is 1.74. The van der Waals surface area contributed by atoms with Crippen LogP contribution in [0.1, 0.15) is 21.6 Å². The normalized spacial score (nSPS) is 10.6. The molecule has 0 amide bonds. The molecule has 5 rings (SSSR count). The zero-order chi connectivity index (χ0) is 25.5. The molecule has 0 radical (unpaired) electrons. The van der Waals surface area contributed by atoms with Crippen LogP contribution in [0.25, 0.3) is 11.1 Å². The van der Waals surface area contributed by atoms with E-state index in [0.29, 0.717) is 30.9 Å². The molecule has 2 aromatic heterocycles. The fourth-order valence-electron chi connectivity index (χ4n) is 4.21. The molecule has 182 valence electrons. The number of nitriles is 1. The maximum atomic E-state index is 13.5. The Morgan fingerprint density at radius 3 is 2.27 bits per heavy atom. The van der Waals surface area contributed by atoms with Crippen LogP contribution in [0.4, 0.5) is 11.4 Å². The zero-order valence-electron chi connectivity index (χ0n) is 20.2. The molecule has 2 heterocycles. The number of nitrogens with one attached hydrogen (secondary N) is 2. The van der Waals surface area contributed by atoms with Gasteiger partial charge in [0.2, 0.25) is 0 Å². The predicted molar refractivity (Wildman–Crippen MR) is 152 cm³/mol. The molecular weight excluding hydrogens is 476 g/mol. The highest BCUT2D eigenvalue weighted by molar-refractivity contribution is 7.09. The second-order valence-corrected chi connectivity index (χ2v) is 9.70. The van der Waals surface area contributed by atoms with Crippen LogP contribution >= 0.6 is 11.3 Å². The molecule has 0 aliphatic rings. The van der Waals surface area contributed by atoms with Gasteiger partial charge in [-0.1, -0.05) is 78.9 Å². The fourth-order valence-corrected chi connectivity index (χ4v) is 4.91. The first-order valence-electron chi connectivity index (χ1n) is 12.1. The summed E-state index contributed by atoms with van der Waals surface area (Å²) in [5.41, 5.74) is 6.00. The van der Waals surface area contributed by atoms with Crippen LogP contribution in [0.15, 0.2) is 113 Å². The lowest BCUT2D eigenvalue weighted by Crippen LogP contribution is -2.24. The smallest absolute Gasteiger partial charge is 0.276 e. The Morgan fingerprint density at radius 2 is 1.51 bits per heavy atom. The topological polar surface area (TPSA) is 69.8 Å². The predicted octanol–water partition coefficient (Wildman–Crippen LogP) is 6.72. The fraction of sp³-hybridized carbons (Fsp3) is 0.0968. The highest BCUT2D eigenvalue weighted by Crippen LogP contribution is 2.24. The zero-order valence-corrected chi connectivity index (χ0v) is 21.0. The summed E-state index contributed by atoms with van der Waals surface area (Å²) in [6, 6.07) is 34.1. The number of hydrogen-bond acceptors (Lipinski definition) is 5. The molecule has 0 unspecified atom stereocenters. The van der Waals surface area contributed by atoms with Crippen molar-refractivity contribution in [2.75, 3.05) is 10.6 Å². The molecule has 2 N–H and O–H groups in total. The van der Waals surface area contributed by atoms with Crippen LogP contribution in [0.3, 0.4) is 0 Å². The Balaban J connectivity index is 1.37. The maximum absolute atomic E-state index is 13.5. The van der Waals surface area contributed by atoms with Gasteiger partial charge in [0, 0.05) is 24.2 Å². The Kier molecular flexibility index (Phi) is 7.44. The number of benzene rings is 3. The molecule has 3 aromatic carbocycles. The van der Waals surface area contributed by atoms with E-state index >= 15 is 0 Å². The van der Waals surface area contributed by atoms with Gasteiger partial charge in [-0.15, -0.1) is 11.3 Å². The molecule has 0 saturated heterocycles. The van der Waals surface area contributed by atoms with E-state index < -0.39 is 0 Å². The van der Waals surface area contributed by atoms with E-state index in [4.69, 9.17) is 0 Å². The van der Waals surface area contributed by atoms with Gasteiger partial charge in [-0.05, 0) is 45.8 Å². The molecule has 0 fully saturated rings. The molecule has 5 nitrogen and oxygen atoms in total. The van der Waals surface area contributed by atoms with Crippen LogP contribution in [0, 0.1) is 11.3 Å². The van der Waals surface area contributed by atoms with Crippen molar-refractivity contribution in [1.82, 2.24) is 4.57 Å². The third-order valence-corrected chi connectivity index (χ3v) is 7.04. The van der Waals surface area contributed by atoms with Crippen molar-refractivity contribution in [2.24, 2.45) is 0 Å². The van der Waals surface area contributed by atoms with Crippen molar-refractivity contribution in [3.8, 4) is 17.2 Å². The van der Waals surface area contributed by atoms with Crippen molar-refractivity contribution in [3.05, 3.63) is 141 Å². The standard InChI is InChI=1S/C31H26N4OS/c32-19-26-9-4-5-11-28(26)25-14-12-24(13-15-25)21-34-30-29(33-20-23-7-2-1-3-8-23)16-17-35(31(30)36)22-27-10-6-18-37-27/h1-18,33-34H,20-22H2. The minimum Gasteiger partial charge on any atom is -0.379 e. The first-order chi connectivity index (χ1) is 18.2. The summed E-state index contributed by atoms with van der Waals surface area (Å²) in [5.74, 6) is 0. The average molecular weight is 503 g/mol. The molecule has 0 saturated carbocycles. The van der Waals surface area contributed by atoms with Crippen LogP contribution < -0.4 is 16.2 Å². The van der Waals surface area contributed by atoms with Gasteiger partial charge in [-0.2, -0.15) is 5.26 Å². The minimum absolute atomic E-state index is 0.0639. The summed E-state index contributed by atoms with van der Waals surface area (Å²) in [5, 5.41) is 18.3. The summed E-state index contributed by atoms with van der Waals surface area (Å²) in [4.78, 5) is 14.6. The van der Waals surface area contributed by atoms with E-state index in [0.717, 1.165) is 32.8 Å². The van der Waals surface area contributed by atoms with E-state index in [9.17, 15) is 10.1 Å². The molecule has 0 atom stereocenters. The van der Waals surface area contributed by atoms with Crippen LogP contribution in [0.2, 0.25) is 0 Å². The summed E-state index contributed by atoms with van der Waals surface area (Å²) in [6.07, 6.45) is 1.85. The maximum Gasteiger partial charge on any atom is 0.276 e. The summed E-state index contributed by atoms with van der Waals surface area (Å²) in [6.45, 7) is 1.66. The minimum atomic E-state index is -0.0639.